The van der Waals surface area contributed by atoms with Crippen LogP contribution in [0.4, 0.5) is 11.4 Å². The molecule has 1 saturated heterocycles. The van der Waals surface area contributed by atoms with Crippen molar-refractivity contribution >= 4 is 46.5 Å². The van der Waals surface area contributed by atoms with Gasteiger partial charge in [0, 0.05) is 18.5 Å². The van der Waals surface area contributed by atoms with Gasteiger partial charge in [-0.15, -0.1) is 11.8 Å². The summed E-state index contributed by atoms with van der Waals surface area (Å²) in [6, 6.07) is 13.8. The van der Waals surface area contributed by atoms with Gasteiger partial charge in [-0.25, -0.2) is 4.99 Å². The molecule has 3 aliphatic heterocycles. The minimum Gasteiger partial charge on any atom is -0.348 e. The Hall–Kier alpha value is -2.28. The second-order valence-corrected chi connectivity index (χ2v) is 9.79. The molecule has 3 atom stereocenters. The number of carbonyl (C=O) groups is 1. The van der Waals surface area contributed by atoms with Gasteiger partial charge in [-0.05, 0) is 55.6 Å². The van der Waals surface area contributed by atoms with Crippen LogP contribution in [-0.4, -0.2) is 48.1 Å². The zero-order valence-electron chi connectivity index (χ0n) is 17.3. The second-order valence-electron chi connectivity index (χ2n) is 8.33. The predicted octanol–water partition coefficient (Wildman–Crippen LogP) is 5.03. The highest BCUT2D eigenvalue weighted by atomic mass is 35.5. The van der Waals surface area contributed by atoms with Crippen molar-refractivity contribution in [1.29, 1.82) is 0 Å². The predicted molar refractivity (Wildman–Crippen MR) is 130 cm³/mol. The molecule has 7 heteroatoms. The van der Waals surface area contributed by atoms with Crippen LogP contribution in [0.3, 0.4) is 0 Å². The lowest BCUT2D eigenvalue weighted by Crippen LogP contribution is -2.46. The maximum Gasteiger partial charge on any atom is 0.253 e. The van der Waals surface area contributed by atoms with Crippen molar-refractivity contribution in [1.82, 2.24) is 10.2 Å². The zero-order chi connectivity index (χ0) is 21.4. The SMILES string of the molecule is CN1CCCC(NC(=O)c2cccc3c2N=C(Nc2ccccc2Cl)C2SC=CC32)C1. The molecule has 0 saturated carbocycles. The zero-order valence-corrected chi connectivity index (χ0v) is 18.9. The van der Waals surface area contributed by atoms with Crippen molar-refractivity contribution in [2.45, 2.75) is 30.1 Å². The molecule has 0 bridgehead atoms. The van der Waals surface area contributed by atoms with E-state index in [9.17, 15) is 4.79 Å². The van der Waals surface area contributed by atoms with Crippen LogP contribution in [-0.2, 0) is 0 Å². The summed E-state index contributed by atoms with van der Waals surface area (Å²) in [5.41, 5.74) is 3.31. The first-order valence-corrected chi connectivity index (χ1v) is 12.0. The largest absolute Gasteiger partial charge is 0.348 e. The molecule has 1 fully saturated rings. The van der Waals surface area contributed by atoms with Gasteiger partial charge in [0.25, 0.3) is 5.91 Å². The monoisotopic (exact) mass is 452 g/mol. The van der Waals surface area contributed by atoms with Crippen molar-refractivity contribution in [3.8, 4) is 0 Å². The lowest BCUT2D eigenvalue weighted by molar-refractivity contribution is 0.0913. The highest BCUT2D eigenvalue weighted by Crippen LogP contribution is 2.46. The van der Waals surface area contributed by atoms with Crippen LogP contribution in [0, 0.1) is 0 Å². The van der Waals surface area contributed by atoms with E-state index < -0.39 is 0 Å². The number of nitrogens with one attached hydrogen (secondary N) is 2. The number of hydrogen-bond acceptors (Lipinski definition) is 5. The highest BCUT2D eigenvalue weighted by molar-refractivity contribution is 8.03. The van der Waals surface area contributed by atoms with E-state index in [-0.39, 0.29) is 23.1 Å². The van der Waals surface area contributed by atoms with Gasteiger partial charge in [0.1, 0.15) is 5.84 Å². The third-order valence-corrected chi connectivity index (χ3v) is 7.56. The van der Waals surface area contributed by atoms with Crippen LogP contribution in [0.25, 0.3) is 0 Å². The Morgan fingerprint density at radius 2 is 2.10 bits per heavy atom. The fraction of sp³-hybridized carbons (Fsp3) is 0.333. The maximum absolute atomic E-state index is 13.2. The van der Waals surface area contributed by atoms with Crippen LogP contribution in [0.2, 0.25) is 5.02 Å². The summed E-state index contributed by atoms with van der Waals surface area (Å²) < 4.78 is 0. The summed E-state index contributed by atoms with van der Waals surface area (Å²) in [6.45, 7) is 1.97. The Kier molecular flexibility index (Phi) is 5.78. The molecule has 0 spiro atoms. The first kappa shape index (κ1) is 20.6. The van der Waals surface area contributed by atoms with Crippen molar-refractivity contribution in [2.24, 2.45) is 4.99 Å². The number of benzene rings is 2. The van der Waals surface area contributed by atoms with Crippen molar-refractivity contribution in [3.05, 3.63) is 70.1 Å². The third-order valence-electron chi connectivity index (χ3n) is 6.11. The molecule has 2 N–H and O–H groups in total. The second kappa shape index (κ2) is 8.69. The fourth-order valence-electron chi connectivity index (χ4n) is 4.57. The van der Waals surface area contributed by atoms with Gasteiger partial charge in [0.05, 0.1) is 27.2 Å². The molecule has 5 rings (SSSR count). The number of carbonyl (C=O) groups excluding carboxylic acids is 1. The van der Waals surface area contributed by atoms with Crippen LogP contribution >= 0.6 is 23.4 Å². The van der Waals surface area contributed by atoms with E-state index in [0.717, 1.165) is 48.7 Å². The number of rotatable bonds is 3. The lowest BCUT2D eigenvalue weighted by Gasteiger charge is -2.31. The normalized spacial score (nSPS) is 24.8. The molecule has 3 unspecified atom stereocenters. The number of allylic oxidation sites excluding steroid dienone is 1. The molecule has 3 heterocycles. The summed E-state index contributed by atoms with van der Waals surface area (Å²) in [5, 5.41) is 9.59. The van der Waals surface area contributed by atoms with Crippen LogP contribution in [0.1, 0.15) is 34.7 Å². The van der Waals surface area contributed by atoms with E-state index in [4.69, 9.17) is 16.6 Å². The van der Waals surface area contributed by atoms with Gasteiger partial charge in [-0.2, -0.15) is 0 Å². The summed E-state index contributed by atoms with van der Waals surface area (Å²) in [6.07, 6.45) is 4.32. The Morgan fingerprint density at radius 3 is 2.94 bits per heavy atom. The third kappa shape index (κ3) is 4.12. The van der Waals surface area contributed by atoms with E-state index in [1.807, 2.05) is 36.4 Å². The Balaban J connectivity index is 1.48. The Morgan fingerprint density at radius 1 is 1.23 bits per heavy atom. The molecule has 0 aromatic heterocycles. The number of amidine groups is 1. The van der Waals surface area contributed by atoms with Crippen molar-refractivity contribution in [2.75, 3.05) is 25.5 Å². The number of likely N-dealkylation sites (tertiary alicyclic amines) is 1. The Bertz CT molecular complexity index is 1070. The molecule has 5 nitrogen and oxygen atoms in total. The van der Waals surface area contributed by atoms with E-state index in [0.29, 0.717) is 10.6 Å². The topological polar surface area (TPSA) is 56.7 Å². The van der Waals surface area contributed by atoms with Gasteiger partial charge < -0.3 is 15.5 Å². The molecular weight excluding hydrogens is 428 g/mol. The molecule has 31 heavy (non-hydrogen) atoms. The van der Waals surface area contributed by atoms with E-state index >= 15 is 0 Å². The van der Waals surface area contributed by atoms with Gasteiger partial charge in [0.2, 0.25) is 0 Å². The van der Waals surface area contributed by atoms with E-state index in [1.165, 1.54) is 0 Å². The number of para-hydroxylation sites is 2. The molecule has 1 amide bonds. The first-order valence-electron chi connectivity index (χ1n) is 10.6. The molecule has 160 valence electrons. The van der Waals surface area contributed by atoms with Crippen molar-refractivity contribution in [3.63, 3.8) is 0 Å². The number of thioether (sulfide) groups is 1. The van der Waals surface area contributed by atoms with Crippen LogP contribution in [0.15, 0.2) is 58.9 Å². The number of likely N-dealkylation sites (N-methyl/N-ethyl adjacent to an activating group) is 1. The number of aliphatic imine (C=N–C) groups is 1. The average molecular weight is 453 g/mol. The lowest BCUT2D eigenvalue weighted by atomic mass is 9.89. The van der Waals surface area contributed by atoms with E-state index in [2.05, 4.69) is 40.1 Å². The number of halogens is 1. The maximum atomic E-state index is 13.2. The molecule has 2 aromatic rings. The number of amides is 1. The standard InChI is InChI=1S/C24H25ClN4OS/c1-29-12-5-6-15(14-29)26-24(30)18-8-4-7-16-17-11-13-31-22(17)23(28-21(16)18)27-20-10-3-2-9-19(20)25/h2-4,7-11,13,15,17,22H,5-6,12,14H2,1H3,(H,26,30)(H,27,28). The fourth-order valence-corrected chi connectivity index (χ4v) is 5.83. The molecule has 0 radical (unpaired) electrons. The summed E-state index contributed by atoms with van der Waals surface area (Å²) in [5.74, 6) is 0.959. The van der Waals surface area contributed by atoms with E-state index in [1.54, 1.807) is 11.8 Å². The van der Waals surface area contributed by atoms with Gasteiger partial charge >= 0.3 is 0 Å². The summed E-state index contributed by atoms with van der Waals surface area (Å²) in [4.78, 5) is 20.5. The smallest absolute Gasteiger partial charge is 0.253 e. The number of anilines is 1. The summed E-state index contributed by atoms with van der Waals surface area (Å²) in [7, 11) is 2.10. The number of nitrogens with zero attached hydrogens (tertiary/aromatic N) is 2. The van der Waals surface area contributed by atoms with Crippen molar-refractivity contribution < 1.29 is 4.79 Å². The van der Waals surface area contributed by atoms with Gasteiger partial charge in [-0.1, -0.05) is 41.9 Å². The molecule has 3 aliphatic rings. The highest BCUT2D eigenvalue weighted by Gasteiger charge is 2.36. The van der Waals surface area contributed by atoms with Crippen LogP contribution < -0.4 is 10.6 Å². The van der Waals surface area contributed by atoms with Crippen LogP contribution in [0.5, 0.6) is 0 Å². The summed E-state index contributed by atoms with van der Waals surface area (Å²) >= 11 is 8.12. The van der Waals surface area contributed by atoms with Gasteiger partial charge in [-0.3, -0.25) is 4.79 Å². The molecule has 2 aromatic carbocycles. The first-order chi connectivity index (χ1) is 15.1. The number of piperidine rings is 1. The van der Waals surface area contributed by atoms with Gasteiger partial charge in [0.15, 0.2) is 0 Å². The molecule has 0 aliphatic carbocycles. The number of hydrogen-bond donors (Lipinski definition) is 2. The molecular formula is C24H25ClN4OS. The quantitative estimate of drug-likeness (QED) is 0.685. The Labute approximate surface area is 192 Å². The minimum absolute atomic E-state index is 0.0499. The number of fused-ring (bicyclic) bond motifs is 3. The average Bonchev–Trinajstić information content (AvgIpc) is 3.26. The minimum atomic E-state index is -0.0499.